The van der Waals surface area contributed by atoms with E-state index in [2.05, 4.69) is 5.48 Å². The molecule has 0 aliphatic carbocycles. The van der Waals surface area contributed by atoms with Crippen LogP contribution in [-0.2, 0) is 9.57 Å². The number of carbonyl (C=O) groups is 1. The lowest BCUT2D eigenvalue weighted by atomic mass is 10.1. The van der Waals surface area contributed by atoms with Crippen LogP contribution in [0.25, 0.3) is 0 Å². The Labute approximate surface area is 89.1 Å². The summed E-state index contributed by atoms with van der Waals surface area (Å²) in [6.45, 7) is 2.76. The topological polar surface area (TPSA) is 47.6 Å². The molecule has 1 aromatic rings. The maximum Gasteiger partial charge on any atom is 0.274 e. The smallest absolute Gasteiger partial charge is 0.274 e. The zero-order valence-corrected chi connectivity index (χ0v) is 8.95. The quantitative estimate of drug-likeness (QED) is 0.587. The third kappa shape index (κ3) is 4.10. The number of ether oxygens (including phenoxy) is 1. The normalized spacial score (nSPS) is 10.0. The van der Waals surface area contributed by atoms with E-state index in [9.17, 15) is 4.79 Å². The summed E-state index contributed by atoms with van der Waals surface area (Å²) in [7, 11) is 1.57. The molecule has 1 rings (SSSR count). The maximum atomic E-state index is 11.4. The lowest BCUT2D eigenvalue weighted by molar-refractivity contribution is 0.00889. The van der Waals surface area contributed by atoms with E-state index in [1.807, 2.05) is 19.1 Å². The summed E-state index contributed by atoms with van der Waals surface area (Å²) in [4.78, 5) is 16.3. The zero-order chi connectivity index (χ0) is 11.1. The van der Waals surface area contributed by atoms with Crippen molar-refractivity contribution in [3.8, 4) is 0 Å². The van der Waals surface area contributed by atoms with Crippen molar-refractivity contribution in [3.05, 3.63) is 35.4 Å². The van der Waals surface area contributed by atoms with Crippen LogP contribution in [0.1, 0.15) is 15.9 Å². The number of aryl methyl sites for hydroxylation is 1. The first-order valence-electron chi connectivity index (χ1n) is 4.72. The molecule has 0 atom stereocenters. The molecule has 0 heterocycles. The molecule has 1 amide bonds. The highest BCUT2D eigenvalue weighted by molar-refractivity contribution is 5.93. The molecule has 82 valence electrons. The summed E-state index contributed by atoms with van der Waals surface area (Å²) in [6.07, 6.45) is 0. The number of carbonyl (C=O) groups excluding carboxylic acids is 1. The van der Waals surface area contributed by atoms with Gasteiger partial charge in [0.1, 0.15) is 0 Å². The second kappa shape index (κ2) is 6.16. The third-order valence-corrected chi connectivity index (χ3v) is 1.87. The highest BCUT2D eigenvalue weighted by Gasteiger charge is 2.03. The van der Waals surface area contributed by atoms with Gasteiger partial charge in [0.15, 0.2) is 0 Å². The number of nitrogens with one attached hydrogen (secondary N) is 1. The number of amides is 1. The van der Waals surface area contributed by atoms with Crippen molar-refractivity contribution in [1.82, 2.24) is 5.48 Å². The van der Waals surface area contributed by atoms with Crippen LogP contribution < -0.4 is 5.48 Å². The van der Waals surface area contributed by atoms with Gasteiger partial charge in [-0.2, -0.15) is 0 Å². The van der Waals surface area contributed by atoms with Crippen molar-refractivity contribution < 1.29 is 14.4 Å². The molecule has 0 unspecified atom stereocenters. The van der Waals surface area contributed by atoms with Crippen LogP contribution in [0.4, 0.5) is 0 Å². The lowest BCUT2D eigenvalue weighted by Gasteiger charge is -2.05. The van der Waals surface area contributed by atoms with Crippen molar-refractivity contribution in [3.63, 3.8) is 0 Å². The minimum absolute atomic E-state index is 0.244. The predicted octanol–water partition coefficient (Wildman–Crippen LogP) is 1.30. The SMILES string of the molecule is COCCONC(=O)c1ccc(C)cc1. The monoisotopic (exact) mass is 209 g/mol. The molecule has 0 aliphatic heterocycles. The van der Waals surface area contributed by atoms with Gasteiger partial charge in [-0.15, -0.1) is 0 Å². The Hall–Kier alpha value is -1.39. The summed E-state index contributed by atoms with van der Waals surface area (Å²) >= 11 is 0. The molecule has 0 aliphatic rings. The molecule has 0 fully saturated rings. The Morgan fingerprint density at radius 2 is 1.93 bits per heavy atom. The molecule has 0 saturated heterocycles. The summed E-state index contributed by atoms with van der Waals surface area (Å²) in [5, 5.41) is 0. The second-order valence-electron chi connectivity index (χ2n) is 3.14. The molecule has 0 spiro atoms. The van der Waals surface area contributed by atoms with Crippen molar-refractivity contribution in [2.45, 2.75) is 6.92 Å². The highest BCUT2D eigenvalue weighted by Crippen LogP contribution is 2.02. The van der Waals surface area contributed by atoms with Gasteiger partial charge >= 0.3 is 0 Å². The standard InChI is InChI=1S/C11H15NO3/c1-9-3-5-10(6-4-9)11(13)12-15-8-7-14-2/h3-6H,7-8H2,1-2H3,(H,12,13). The average molecular weight is 209 g/mol. The van der Waals surface area contributed by atoms with Crippen molar-refractivity contribution in [2.24, 2.45) is 0 Å². The molecular weight excluding hydrogens is 194 g/mol. The summed E-state index contributed by atoms with van der Waals surface area (Å²) < 4.78 is 4.77. The number of methoxy groups -OCH3 is 1. The Morgan fingerprint density at radius 3 is 2.53 bits per heavy atom. The van der Waals surface area contributed by atoms with Gasteiger partial charge in [0.05, 0.1) is 13.2 Å². The molecule has 0 saturated carbocycles. The fourth-order valence-electron chi connectivity index (χ4n) is 1.01. The molecule has 4 nitrogen and oxygen atoms in total. The van der Waals surface area contributed by atoms with Crippen LogP contribution in [0.15, 0.2) is 24.3 Å². The van der Waals surface area contributed by atoms with Gasteiger partial charge in [-0.1, -0.05) is 17.7 Å². The first-order chi connectivity index (χ1) is 7.24. The van der Waals surface area contributed by atoms with E-state index < -0.39 is 0 Å². The highest BCUT2D eigenvalue weighted by atomic mass is 16.7. The average Bonchev–Trinajstić information content (AvgIpc) is 2.25. The number of hydrogen-bond donors (Lipinski definition) is 1. The third-order valence-electron chi connectivity index (χ3n) is 1.87. The Bertz CT molecular complexity index is 308. The van der Waals surface area contributed by atoms with Gasteiger partial charge in [-0.25, -0.2) is 5.48 Å². The molecule has 4 heteroatoms. The van der Waals surface area contributed by atoms with Crippen LogP contribution in [0, 0.1) is 6.92 Å². The lowest BCUT2D eigenvalue weighted by Crippen LogP contribution is -2.25. The molecule has 1 N–H and O–H groups in total. The van der Waals surface area contributed by atoms with Crippen LogP contribution in [0.2, 0.25) is 0 Å². The van der Waals surface area contributed by atoms with Crippen LogP contribution >= 0.6 is 0 Å². The fourth-order valence-corrected chi connectivity index (χ4v) is 1.01. The molecule has 1 aromatic carbocycles. The predicted molar refractivity (Wildman–Crippen MR) is 56.5 cm³/mol. The first-order valence-corrected chi connectivity index (χ1v) is 4.72. The van der Waals surface area contributed by atoms with Gasteiger partial charge in [0, 0.05) is 12.7 Å². The molecule has 0 radical (unpaired) electrons. The van der Waals surface area contributed by atoms with Gasteiger partial charge < -0.3 is 4.74 Å². The molecule has 15 heavy (non-hydrogen) atoms. The van der Waals surface area contributed by atoms with Gasteiger partial charge in [-0.3, -0.25) is 9.63 Å². The minimum atomic E-state index is -0.244. The second-order valence-corrected chi connectivity index (χ2v) is 3.14. The molecular formula is C11H15NO3. The Balaban J connectivity index is 2.37. The van der Waals surface area contributed by atoms with Gasteiger partial charge in [-0.05, 0) is 19.1 Å². The van der Waals surface area contributed by atoms with E-state index in [4.69, 9.17) is 9.57 Å². The number of benzene rings is 1. The summed E-state index contributed by atoms with van der Waals surface area (Å²) in [5.74, 6) is -0.244. The Kier molecular flexibility index (Phi) is 4.80. The van der Waals surface area contributed by atoms with Crippen molar-refractivity contribution >= 4 is 5.91 Å². The van der Waals surface area contributed by atoms with Crippen LogP contribution in [0.5, 0.6) is 0 Å². The van der Waals surface area contributed by atoms with E-state index in [1.165, 1.54) is 0 Å². The van der Waals surface area contributed by atoms with Crippen molar-refractivity contribution in [2.75, 3.05) is 20.3 Å². The largest absolute Gasteiger partial charge is 0.382 e. The van der Waals surface area contributed by atoms with Crippen LogP contribution in [-0.4, -0.2) is 26.2 Å². The summed E-state index contributed by atoms with van der Waals surface area (Å²) in [5.41, 5.74) is 4.03. The number of hydroxylamine groups is 1. The van der Waals surface area contributed by atoms with Gasteiger partial charge in [0.25, 0.3) is 5.91 Å². The minimum Gasteiger partial charge on any atom is -0.382 e. The number of rotatable bonds is 5. The van der Waals surface area contributed by atoms with Crippen LogP contribution in [0.3, 0.4) is 0 Å². The van der Waals surface area contributed by atoms with E-state index in [0.717, 1.165) is 5.56 Å². The number of hydrogen-bond acceptors (Lipinski definition) is 3. The molecule has 0 aromatic heterocycles. The first kappa shape index (κ1) is 11.7. The van der Waals surface area contributed by atoms with Gasteiger partial charge in [0.2, 0.25) is 0 Å². The zero-order valence-electron chi connectivity index (χ0n) is 8.95. The van der Waals surface area contributed by atoms with E-state index in [1.54, 1.807) is 19.2 Å². The fraction of sp³-hybridized carbons (Fsp3) is 0.364. The van der Waals surface area contributed by atoms with E-state index in [-0.39, 0.29) is 5.91 Å². The van der Waals surface area contributed by atoms with Crippen molar-refractivity contribution in [1.29, 1.82) is 0 Å². The summed E-state index contributed by atoms with van der Waals surface area (Å²) in [6, 6.07) is 7.27. The van der Waals surface area contributed by atoms with E-state index >= 15 is 0 Å². The van der Waals surface area contributed by atoms with E-state index in [0.29, 0.717) is 18.8 Å². The Morgan fingerprint density at radius 1 is 1.27 bits per heavy atom. The molecule has 0 bridgehead atoms. The maximum absolute atomic E-state index is 11.4.